The first-order valence-electron chi connectivity index (χ1n) is 9.11. The lowest BCUT2D eigenvalue weighted by molar-refractivity contribution is -0.141. The van der Waals surface area contributed by atoms with Crippen molar-refractivity contribution in [3.05, 3.63) is 41.1 Å². The lowest BCUT2D eigenvalue weighted by Gasteiger charge is -2.39. The predicted molar refractivity (Wildman–Crippen MR) is 107 cm³/mol. The summed E-state index contributed by atoms with van der Waals surface area (Å²) in [5.74, 6) is -0.173. The van der Waals surface area contributed by atoms with Crippen LogP contribution in [0.15, 0.2) is 40.5 Å². The Bertz CT molecular complexity index is 895. The normalized spacial score (nSPS) is 18.9. The number of ether oxygens (including phenoxy) is 3. The maximum atomic E-state index is 12.9. The molecular weight excluding hydrogens is 396 g/mol. The van der Waals surface area contributed by atoms with E-state index in [1.807, 2.05) is 0 Å². The summed E-state index contributed by atoms with van der Waals surface area (Å²) in [6, 6.07) is 6.07. The van der Waals surface area contributed by atoms with Crippen molar-refractivity contribution in [1.82, 2.24) is 4.90 Å². The lowest BCUT2D eigenvalue weighted by atomic mass is 9.94. The lowest BCUT2D eigenvalue weighted by Crippen LogP contribution is -2.45. The third-order valence-electron chi connectivity index (χ3n) is 4.38. The van der Waals surface area contributed by atoms with Crippen molar-refractivity contribution in [3.63, 3.8) is 0 Å². The van der Waals surface area contributed by atoms with Gasteiger partial charge >= 0.3 is 11.9 Å². The van der Waals surface area contributed by atoms with Crippen LogP contribution in [-0.2, 0) is 23.9 Å². The molecule has 0 N–H and O–H groups in total. The summed E-state index contributed by atoms with van der Waals surface area (Å²) < 4.78 is 15.5. The number of hydrogen-bond donors (Lipinski definition) is 0. The fourth-order valence-electron chi connectivity index (χ4n) is 3.18. The third kappa shape index (κ3) is 4.68. The molecular formula is C20H22N2O6S. The molecule has 2 aliphatic rings. The molecule has 0 spiro atoms. The van der Waals surface area contributed by atoms with E-state index in [4.69, 9.17) is 14.2 Å². The molecule has 1 atom stereocenters. The highest BCUT2D eigenvalue weighted by molar-refractivity contribution is 8.14. The van der Waals surface area contributed by atoms with E-state index in [0.29, 0.717) is 34.4 Å². The number of allylic oxidation sites excluding steroid dienone is 1. The van der Waals surface area contributed by atoms with Gasteiger partial charge in [0.2, 0.25) is 5.91 Å². The third-order valence-corrected chi connectivity index (χ3v) is 5.34. The predicted octanol–water partition coefficient (Wildman–Crippen LogP) is 2.45. The second-order valence-corrected chi connectivity index (χ2v) is 7.52. The Balaban J connectivity index is 2.05. The second-order valence-electron chi connectivity index (χ2n) is 6.45. The minimum atomic E-state index is -0.714. The number of amidine groups is 1. The minimum Gasteiger partial charge on any atom is -0.460 e. The maximum absolute atomic E-state index is 12.9. The Morgan fingerprint density at radius 2 is 2.10 bits per heavy atom. The number of esters is 2. The van der Waals surface area contributed by atoms with Crippen molar-refractivity contribution in [3.8, 4) is 5.75 Å². The van der Waals surface area contributed by atoms with E-state index >= 15 is 0 Å². The van der Waals surface area contributed by atoms with E-state index in [9.17, 15) is 14.4 Å². The smallest absolute Gasteiger partial charge is 0.338 e. The van der Waals surface area contributed by atoms with E-state index in [1.165, 1.54) is 30.7 Å². The largest absolute Gasteiger partial charge is 0.460 e. The first-order valence-corrected chi connectivity index (χ1v) is 10.1. The average Bonchev–Trinajstić information content (AvgIpc) is 2.67. The summed E-state index contributed by atoms with van der Waals surface area (Å²) in [6.45, 7) is 3.38. The van der Waals surface area contributed by atoms with Crippen molar-refractivity contribution < 1.29 is 28.6 Å². The highest BCUT2D eigenvalue weighted by Gasteiger charge is 2.41. The quantitative estimate of drug-likeness (QED) is 0.398. The first kappa shape index (κ1) is 21.1. The number of benzene rings is 1. The number of rotatable bonds is 6. The Hall–Kier alpha value is -2.65. The molecule has 0 aromatic heterocycles. The molecule has 1 saturated heterocycles. The Morgan fingerprint density at radius 1 is 1.31 bits per heavy atom. The molecule has 0 saturated carbocycles. The number of nitrogens with zero attached hydrogens (tertiary/aromatic N) is 2. The number of fused-ring (bicyclic) bond motifs is 1. The number of hydrogen-bond acceptors (Lipinski definition) is 8. The number of amides is 1. The van der Waals surface area contributed by atoms with Crippen LogP contribution in [-0.4, -0.2) is 54.0 Å². The van der Waals surface area contributed by atoms with Crippen molar-refractivity contribution in [2.75, 3.05) is 26.1 Å². The molecule has 1 fully saturated rings. The minimum absolute atomic E-state index is 0.0889. The molecule has 0 radical (unpaired) electrons. The van der Waals surface area contributed by atoms with Crippen LogP contribution in [0.1, 0.15) is 31.9 Å². The molecule has 0 unspecified atom stereocenters. The fourth-order valence-corrected chi connectivity index (χ4v) is 4.19. The molecule has 1 aromatic carbocycles. The summed E-state index contributed by atoms with van der Waals surface area (Å²) in [4.78, 5) is 43.0. The van der Waals surface area contributed by atoms with E-state index in [0.717, 1.165) is 0 Å². The standard InChI is InChI=1S/C20H22N2O6S/c1-12-17(19(25)27-9-8-26-3)18(22-16(24)7-10-29-20(22)21-12)14-5-4-6-15(11-14)28-13(2)23/h4-6,11,18H,7-10H2,1-3H3/t18-/m1/s1. The van der Waals surface area contributed by atoms with Gasteiger partial charge in [0.05, 0.1) is 23.9 Å². The van der Waals surface area contributed by atoms with Gasteiger partial charge in [-0.25, -0.2) is 9.79 Å². The molecule has 3 rings (SSSR count). The summed E-state index contributed by atoms with van der Waals surface area (Å²) in [5, 5.41) is 0.551. The van der Waals surface area contributed by atoms with Gasteiger partial charge in [-0.05, 0) is 24.6 Å². The van der Waals surface area contributed by atoms with Gasteiger partial charge in [-0.15, -0.1) is 0 Å². The zero-order valence-electron chi connectivity index (χ0n) is 16.5. The van der Waals surface area contributed by atoms with Crippen LogP contribution in [0.5, 0.6) is 5.75 Å². The maximum Gasteiger partial charge on any atom is 0.338 e. The van der Waals surface area contributed by atoms with Gasteiger partial charge in [0.25, 0.3) is 0 Å². The number of methoxy groups -OCH3 is 1. The highest BCUT2D eigenvalue weighted by atomic mass is 32.2. The molecule has 2 aliphatic heterocycles. The summed E-state index contributed by atoms with van der Waals surface area (Å²) in [7, 11) is 1.52. The summed E-state index contributed by atoms with van der Waals surface area (Å²) >= 11 is 1.47. The Morgan fingerprint density at radius 3 is 2.83 bits per heavy atom. The van der Waals surface area contributed by atoms with E-state index in [-0.39, 0.29) is 24.7 Å². The van der Waals surface area contributed by atoms with Crippen LogP contribution in [0.3, 0.4) is 0 Å². The number of aliphatic imine (C=N–C) groups is 1. The summed E-state index contributed by atoms with van der Waals surface area (Å²) in [6.07, 6.45) is 0.342. The van der Waals surface area contributed by atoms with Gasteiger partial charge in [0.15, 0.2) is 5.17 Å². The van der Waals surface area contributed by atoms with Crippen molar-refractivity contribution in [1.29, 1.82) is 0 Å². The van der Waals surface area contributed by atoms with Crippen molar-refractivity contribution in [2.24, 2.45) is 4.99 Å². The van der Waals surface area contributed by atoms with Crippen LogP contribution in [0.25, 0.3) is 0 Å². The molecule has 1 amide bonds. The van der Waals surface area contributed by atoms with E-state index < -0.39 is 18.0 Å². The zero-order valence-corrected chi connectivity index (χ0v) is 17.3. The van der Waals surface area contributed by atoms with Gasteiger partial charge in [0, 0.05) is 26.2 Å². The van der Waals surface area contributed by atoms with Crippen molar-refractivity contribution in [2.45, 2.75) is 26.3 Å². The zero-order chi connectivity index (χ0) is 21.0. The Labute approximate surface area is 172 Å². The highest BCUT2D eigenvalue weighted by Crippen LogP contribution is 2.41. The van der Waals surface area contributed by atoms with Gasteiger partial charge in [-0.2, -0.15) is 0 Å². The van der Waals surface area contributed by atoms with E-state index in [1.54, 1.807) is 31.2 Å². The topological polar surface area (TPSA) is 94.5 Å². The fraction of sp³-hybridized carbons (Fsp3) is 0.400. The molecule has 8 nitrogen and oxygen atoms in total. The molecule has 29 heavy (non-hydrogen) atoms. The van der Waals surface area contributed by atoms with Crippen LogP contribution < -0.4 is 4.74 Å². The number of thioether (sulfide) groups is 1. The first-order chi connectivity index (χ1) is 13.9. The van der Waals surface area contributed by atoms with Crippen LogP contribution >= 0.6 is 11.8 Å². The van der Waals surface area contributed by atoms with Crippen LogP contribution in [0, 0.1) is 0 Å². The molecule has 154 valence electrons. The van der Waals surface area contributed by atoms with E-state index in [2.05, 4.69) is 4.99 Å². The average molecular weight is 418 g/mol. The van der Waals surface area contributed by atoms with Crippen molar-refractivity contribution >= 4 is 34.8 Å². The van der Waals surface area contributed by atoms with Gasteiger partial charge in [-0.1, -0.05) is 23.9 Å². The molecule has 0 aliphatic carbocycles. The molecule has 2 heterocycles. The Kier molecular flexibility index (Phi) is 6.71. The van der Waals surface area contributed by atoms with Gasteiger partial charge in [0.1, 0.15) is 12.4 Å². The summed E-state index contributed by atoms with van der Waals surface area (Å²) in [5.41, 5.74) is 1.40. The number of carbonyl (C=O) groups is 3. The second kappa shape index (κ2) is 9.23. The molecule has 1 aromatic rings. The van der Waals surface area contributed by atoms with Crippen LogP contribution in [0.2, 0.25) is 0 Å². The molecule has 0 bridgehead atoms. The monoisotopic (exact) mass is 418 g/mol. The SMILES string of the molecule is COCCOC(=O)C1=C(C)N=C2SCCC(=O)N2[C@@H]1c1cccc(OC(C)=O)c1. The van der Waals surface area contributed by atoms with Gasteiger partial charge < -0.3 is 14.2 Å². The van der Waals surface area contributed by atoms with Gasteiger partial charge in [-0.3, -0.25) is 14.5 Å². The number of carbonyl (C=O) groups excluding carboxylic acids is 3. The molecule has 9 heteroatoms. The van der Waals surface area contributed by atoms with Crippen LogP contribution in [0.4, 0.5) is 0 Å².